The molecule has 0 radical (unpaired) electrons. The number of nitrogens with zero attached hydrogens (tertiary/aromatic N) is 1. The summed E-state index contributed by atoms with van der Waals surface area (Å²) >= 11 is 0. The van der Waals surface area contributed by atoms with Crippen molar-refractivity contribution >= 4 is 23.2 Å². The highest BCUT2D eigenvalue weighted by Crippen LogP contribution is 2.32. The Morgan fingerprint density at radius 3 is 2.82 bits per heavy atom. The molecule has 1 atom stereocenters. The summed E-state index contributed by atoms with van der Waals surface area (Å²) in [5, 5.41) is 5.67. The van der Waals surface area contributed by atoms with E-state index in [0.29, 0.717) is 31.3 Å². The maximum absolute atomic E-state index is 12.9. The minimum Gasteiger partial charge on any atom is -0.433 e. The normalized spacial score (nSPS) is 18.3. The van der Waals surface area contributed by atoms with Gasteiger partial charge in [-0.05, 0) is 37.4 Å². The SMILES string of the molecule is NC[C@H](NCC1CC1)C(=O)Nc1ccc(N2CCOCC2=O)cc1OC(F)F. The number of morpholine rings is 1. The topological polar surface area (TPSA) is 106 Å². The highest BCUT2D eigenvalue weighted by Gasteiger charge is 2.26. The third-order valence-electron chi connectivity index (χ3n) is 4.64. The molecule has 1 aliphatic heterocycles. The molecule has 0 bridgehead atoms. The van der Waals surface area contributed by atoms with Gasteiger partial charge in [0.25, 0.3) is 5.91 Å². The van der Waals surface area contributed by atoms with Crippen LogP contribution >= 0.6 is 0 Å². The second-order valence-electron chi connectivity index (χ2n) is 6.79. The van der Waals surface area contributed by atoms with Crippen LogP contribution in [0.1, 0.15) is 12.8 Å². The van der Waals surface area contributed by atoms with Gasteiger partial charge in [0.15, 0.2) is 5.75 Å². The molecule has 3 rings (SSSR count). The lowest BCUT2D eigenvalue weighted by molar-refractivity contribution is -0.125. The summed E-state index contributed by atoms with van der Waals surface area (Å²) in [6.45, 7) is -1.74. The van der Waals surface area contributed by atoms with Crippen molar-refractivity contribution in [3.8, 4) is 5.75 Å². The van der Waals surface area contributed by atoms with Gasteiger partial charge in [0.05, 0.1) is 18.3 Å². The highest BCUT2D eigenvalue weighted by atomic mass is 19.3. The molecule has 1 aromatic rings. The van der Waals surface area contributed by atoms with Crippen molar-refractivity contribution < 1.29 is 27.8 Å². The van der Waals surface area contributed by atoms with E-state index in [9.17, 15) is 18.4 Å². The van der Waals surface area contributed by atoms with Crippen molar-refractivity contribution in [2.24, 2.45) is 11.7 Å². The lowest BCUT2D eigenvalue weighted by Gasteiger charge is -2.27. The van der Waals surface area contributed by atoms with E-state index in [1.165, 1.54) is 17.0 Å². The first-order valence-electron chi connectivity index (χ1n) is 9.19. The largest absolute Gasteiger partial charge is 0.433 e. The number of benzene rings is 1. The molecular formula is C18H24F2N4O4. The van der Waals surface area contributed by atoms with E-state index in [-0.39, 0.29) is 30.5 Å². The number of anilines is 2. The van der Waals surface area contributed by atoms with Crippen LogP contribution in [-0.2, 0) is 14.3 Å². The number of nitrogens with one attached hydrogen (secondary N) is 2. The number of carbonyl (C=O) groups excluding carboxylic acids is 2. The van der Waals surface area contributed by atoms with Crippen molar-refractivity contribution in [2.75, 3.05) is 43.1 Å². The van der Waals surface area contributed by atoms with Gasteiger partial charge in [-0.2, -0.15) is 8.78 Å². The maximum Gasteiger partial charge on any atom is 0.387 e. The molecule has 0 unspecified atom stereocenters. The van der Waals surface area contributed by atoms with Crippen molar-refractivity contribution in [1.82, 2.24) is 5.32 Å². The summed E-state index contributed by atoms with van der Waals surface area (Å²) in [5.74, 6) is -0.376. The molecule has 4 N–H and O–H groups in total. The van der Waals surface area contributed by atoms with Crippen LogP contribution in [0.15, 0.2) is 18.2 Å². The third-order valence-corrected chi connectivity index (χ3v) is 4.64. The van der Waals surface area contributed by atoms with Gasteiger partial charge in [-0.25, -0.2) is 0 Å². The van der Waals surface area contributed by atoms with Crippen molar-refractivity contribution in [3.05, 3.63) is 18.2 Å². The number of halogens is 2. The first-order chi connectivity index (χ1) is 13.5. The number of amides is 2. The van der Waals surface area contributed by atoms with E-state index in [0.717, 1.165) is 12.8 Å². The van der Waals surface area contributed by atoms with E-state index in [2.05, 4.69) is 15.4 Å². The molecule has 1 heterocycles. The van der Waals surface area contributed by atoms with Gasteiger partial charge in [-0.1, -0.05) is 0 Å². The average molecular weight is 398 g/mol. The number of rotatable bonds is 9. The molecule has 2 amide bonds. The number of alkyl halides is 2. The predicted octanol–water partition coefficient (Wildman–Crippen LogP) is 0.917. The Balaban J connectivity index is 1.74. The van der Waals surface area contributed by atoms with Crippen LogP contribution in [-0.4, -0.2) is 57.3 Å². The predicted molar refractivity (Wildman–Crippen MR) is 98.4 cm³/mol. The van der Waals surface area contributed by atoms with Gasteiger partial charge >= 0.3 is 6.61 Å². The molecular weight excluding hydrogens is 374 g/mol. The van der Waals surface area contributed by atoms with Crippen LogP contribution in [0.4, 0.5) is 20.2 Å². The van der Waals surface area contributed by atoms with Gasteiger partial charge in [0, 0.05) is 24.8 Å². The van der Waals surface area contributed by atoms with Crippen molar-refractivity contribution in [2.45, 2.75) is 25.5 Å². The van der Waals surface area contributed by atoms with Crippen LogP contribution in [0.2, 0.25) is 0 Å². The number of nitrogens with two attached hydrogens (primary N) is 1. The first-order valence-corrected chi connectivity index (χ1v) is 9.19. The summed E-state index contributed by atoms with van der Waals surface area (Å²) < 4.78 is 35.4. The zero-order chi connectivity index (χ0) is 20.1. The molecule has 0 aromatic heterocycles. The van der Waals surface area contributed by atoms with Crippen LogP contribution in [0, 0.1) is 5.92 Å². The Morgan fingerprint density at radius 1 is 1.39 bits per heavy atom. The third kappa shape index (κ3) is 5.37. The summed E-state index contributed by atoms with van der Waals surface area (Å²) in [4.78, 5) is 25.9. The van der Waals surface area contributed by atoms with Gasteiger partial charge in [-0.15, -0.1) is 0 Å². The molecule has 2 aliphatic rings. The van der Waals surface area contributed by atoms with Crippen molar-refractivity contribution in [3.63, 3.8) is 0 Å². The van der Waals surface area contributed by atoms with Crippen LogP contribution in [0.25, 0.3) is 0 Å². The maximum atomic E-state index is 12.9. The Labute approximate surface area is 161 Å². The quantitative estimate of drug-likeness (QED) is 0.571. The summed E-state index contributed by atoms with van der Waals surface area (Å²) in [7, 11) is 0. The molecule has 1 saturated heterocycles. The van der Waals surface area contributed by atoms with Crippen LogP contribution in [0.3, 0.4) is 0 Å². The Morgan fingerprint density at radius 2 is 2.18 bits per heavy atom. The van der Waals surface area contributed by atoms with E-state index in [4.69, 9.17) is 10.5 Å². The molecule has 28 heavy (non-hydrogen) atoms. The molecule has 1 saturated carbocycles. The van der Waals surface area contributed by atoms with Gasteiger partial charge in [0.1, 0.15) is 6.61 Å². The Hall–Kier alpha value is -2.30. The van der Waals surface area contributed by atoms with E-state index in [1.54, 1.807) is 6.07 Å². The number of carbonyl (C=O) groups is 2. The fourth-order valence-electron chi connectivity index (χ4n) is 2.90. The summed E-state index contributed by atoms with van der Waals surface area (Å²) in [6, 6.07) is 3.66. The van der Waals surface area contributed by atoms with Gasteiger partial charge in [-0.3, -0.25) is 9.59 Å². The molecule has 8 nitrogen and oxygen atoms in total. The lowest BCUT2D eigenvalue weighted by atomic mass is 10.2. The molecule has 154 valence electrons. The van der Waals surface area contributed by atoms with Crippen LogP contribution in [0.5, 0.6) is 5.75 Å². The lowest BCUT2D eigenvalue weighted by Crippen LogP contribution is -2.46. The summed E-state index contributed by atoms with van der Waals surface area (Å²) in [6.07, 6.45) is 2.25. The molecule has 1 aliphatic carbocycles. The van der Waals surface area contributed by atoms with E-state index >= 15 is 0 Å². The zero-order valence-electron chi connectivity index (χ0n) is 15.3. The second-order valence-corrected chi connectivity index (χ2v) is 6.79. The molecule has 10 heteroatoms. The van der Waals surface area contributed by atoms with E-state index < -0.39 is 18.6 Å². The minimum absolute atomic E-state index is 0.0734. The first kappa shape index (κ1) is 20.4. The van der Waals surface area contributed by atoms with E-state index in [1.807, 2.05) is 0 Å². The molecule has 1 aromatic carbocycles. The summed E-state index contributed by atoms with van der Waals surface area (Å²) in [5.41, 5.74) is 6.14. The average Bonchev–Trinajstić information content (AvgIpc) is 3.48. The smallest absolute Gasteiger partial charge is 0.387 e. The number of hydrogen-bond acceptors (Lipinski definition) is 6. The Bertz CT molecular complexity index is 715. The second kappa shape index (κ2) is 9.26. The standard InChI is InChI=1S/C18H24F2N4O4/c19-18(20)28-15-7-12(24-5-6-27-10-16(24)25)3-4-13(15)23-17(26)14(8-21)22-9-11-1-2-11/h3-4,7,11,14,18,22H,1-2,5-6,8-10,21H2,(H,23,26)/t14-/m0/s1. The fraction of sp³-hybridized carbons (Fsp3) is 0.556. The monoisotopic (exact) mass is 398 g/mol. The van der Waals surface area contributed by atoms with Crippen molar-refractivity contribution in [1.29, 1.82) is 0 Å². The minimum atomic E-state index is -3.08. The molecule has 2 fully saturated rings. The fourth-order valence-corrected chi connectivity index (χ4v) is 2.90. The number of ether oxygens (including phenoxy) is 2. The Kier molecular flexibility index (Phi) is 6.76. The number of hydrogen-bond donors (Lipinski definition) is 3. The highest BCUT2D eigenvalue weighted by molar-refractivity contribution is 5.98. The zero-order valence-corrected chi connectivity index (χ0v) is 15.3. The van der Waals surface area contributed by atoms with Gasteiger partial charge < -0.3 is 30.7 Å². The van der Waals surface area contributed by atoms with Gasteiger partial charge in [0.2, 0.25) is 5.91 Å². The molecule has 0 spiro atoms. The van der Waals surface area contributed by atoms with Crippen LogP contribution < -0.4 is 26.0 Å².